The van der Waals surface area contributed by atoms with Gasteiger partial charge in [-0.25, -0.2) is 4.39 Å². The molecule has 0 aliphatic carbocycles. The molecule has 2 rings (SSSR count). The average molecular weight is 244 g/mol. The predicted octanol–water partition coefficient (Wildman–Crippen LogP) is 2.65. The molecule has 2 N–H and O–H groups in total. The Morgan fingerprint density at radius 3 is 2.88 bits per heavy atom. The molecule has 16 heavy (non-hydrogen) atoms. The van der Waals surface area contributed by atoms with Gasteiger partial charge in [0.1, 0.15) is 5.82 Å². The van der Waals surface area contributed by atoms with Crippen LogP contribution in [0.1, 0.15) is 30.9 Å². The van der Waals surface area contributed by atoms with E-state index in [0.29, 0.717) is 10.6 Å². The molecular formula is C12H15ClFNO. The minimum absolute atomic E-state index is 0.0247. The third-order valence-corrected chi connectivity index (χ3v) is 3.34. The Morgan fingerprint density at radius 2 is 2.25 bits per heavy atom. The lowest BCUT2D eigenvalue weighted by molar-refractivity contribution is 0.114. The number of benzene rings is 1. The van der Waals surface area contributed by atoms with E-state index in [4.69, 9.17) is 11.6 Å². The van der Waals surface area contributed by atoms with Gasteiger partial charge in [-0.1, -0.05) is 24.1 Å². The van der Waals surface area contributed by atoms with E-state index in [-0.39, 0.29) is 11.9 Å². The van der Waals surface area contributed by atoms with Crippen molar-refractivity contribution in [2.24, 2.45) is 0 Å². The Kier molecular flexibility index (Phi) is 3.79. The number of rotatable bonds is 2. The monoisotopic (exact) mass is 243 g/mol. The molecule has 4 heteroatoms. The van der Waals surface area contributed by atoms with Crippen LogP contribution in [0, 0.1) is 5.82 Å². The zero-order chi connectivity index (χ0) is 11.5. The Hall–Kier alpha value is -0.640. The van der Waals surface area contributed by atoms with E-state index >= 15 is 0 Å². The minimum Gasteiger partial charge on any atom is -0.387 e. The Labute approximate surface area is 99.4 Å². The van der Waals surface area contributed by atoms with Crippen LogP contribution >= 0.6 is 11.6 Å². The zero-order valence-electron chi connectivity index (χ0n) is 8.92. The lowest BCUT2D eigenvalue weighted by Crippen LogP contribution is -2.38. The van der Waals surface area contributed by atoms with Gasteiger partial charge in [0.05, 0.1) is 6.10 Å². The molecule has 0 aromatic heterocycles. The number of aliphatic hydroxyl groups excluding tert-OH is 1. The number of hydrogen-bond acceptors (Lipinski definition) is 2. The lowest BCUT2D eigenvalue weighted by atomic mass is 9.95. The molecule has 88 valence electrons. The summed E-state index contributed by atoms with van der Waals surface area (Å²) in [5, 5.41) is 13.7. The largest absolute Gasteiger partial charge is 0.387 e. The Morgan fingerprint density at radius 1 is 1.44 bits per heavy atom. The van der Waals surface area contributed by atoms with Gasteiger partial charge < -0.3 is 10.4 Å². The third-order valence-electron chi connectivity index (χ3n) is 3.01. The van der Waals surface area contributed by atoms with Gasteiger partial charge in [0.15, 0.2) is 0 Å². The lowest BCUT2D eigenvalue weighted by Gasteiger charge is -2.28. The van der Waals surface area contributed by atoms with E-state index in [1.807, 2.05) is 0 Å². The molecule has 2 unspecified atom stereocenters. The number of halogens is 2. The smallest absolute Gasteiger partial charge is 0.124 e. The molecule has 1 aliphatic rings. The van der Waals surface area contributed by atoms with Gasteiger partial charge in [-0.05, 0) is 31.5 Å². The predicted molar refractivity (Wildman–Crippen MR) is 62.0 cm³/mol. The first-order valence-corrected chi connectivity index (χ1v) is 5.92. The Bertz CT molecular complexity index is 366. The molecule has 1 aromatic carbocycles. The number of aliphatic hydroxyl groups is 1. The van der Waals surface area contributed by atoms with Crippen LogP contribution in [0.25, 0.3) is 0 Å². The molecule has 1 saturated heterocycles. The highest BCUT2D eigenvalue weighted by Crippen LogP contribution is 2.28. The van der Waals surface area contributed by atoms with Crippen LogP contribution in [-0.2, 0) is 0 Å². The van der Waals surface area contributed by atoms with E-state index in [2.05, 4.69) is 5.32 Å². The van der Waals surface area contributed by atoms with Gasteiger partial charge in [0.25, 0.3) is 0 Å². The maximum atomic E-state index is 12.9. The summed E-state index contributed by atoms with van der Waals surface area (Å²) in [4.78, 5) is 0. The maximum absolute atomic E-state index is 12.9. The summed E-state index contributed by atoms with van der Waals surface area (Å²) in [5.74, 6) is -0.377. The molecule has 2 nitrogen and oxygen atoms in total. The second kappa shape index (κ2) is 5.13. The quantitative estimate of drug-likeness (QED) is 0.837. The van der Waals surface area contributed by atoms with Gasteiger partial charge in [-0.2, -0.15) is 0 Å². The number of nitrogens with one attached hydrogen (secondary N) is 1. The Balaban J connectivity index is 2.15. The maximum Gasteiger partial charge on any atom is 0.124 e. The van der Waals surface area contributed by atoms with Crippen molar-refractivity contribution >= 4 is 11.6 Å². The van der Waals surface area contributed by atoms with Gasteiger partial charge >= 0.3 is 0 Å². The standard InChI is InChI=1S/C12H15ClFNO/c13-10-7-8(14)4-5-9(10)12(16)11-3-1-2-6-15-11/h4-5,7,11-12,15-16H,1-3,6H2. The van der Waals surface area contributed by atoms with Crippen molar-refractivity contribution in [3.8, 4) is 0 Å². The van der Waals surface area contributed by atoms with Gasteiger partial charge in [0.2, 0.25) is 0 Å². The zero-order valence-corrected chi connectivity index (χ0v) is 9.67. The van der Waals surface area contributed by atoms with E-state index in [9.17, 15) is 9.50 Å². The third kappa shape index (κ3) is 2.54. The molecule has 1 fully saturated rings. The van der Waals surface area contributed by atoms with Crippen LogP contribution in [0.2, 0.25) is 5.02 Å². The molecule has 1 heterocycles. The highest BCUT2D eigenvalue weighted by molar-refractivity contribution is 6.31. The SMILES string of the molecule is OC(c1ccc(F)cc1Cl)C1CCCCN1. The highest BCUT2D eigenvalue weighted by atomic mass is 35.5. The van der Waals surface area contributed by atoms with Crippen molar-refractivity contribution in [1.29, 1.82) is 0 Å². The van der Waals surface area contributed by atoms with Crippen molar-refractivity contribution in [1.82, 2.24) is 5.32 Å². The van der Waals surface area contributed by atoms with E-state index in [1.54, 1.807) is 6.07 Å². The fourth-order valence-corrected chi connectivity index (χ4v) is 2.39. The molecule has 0 amide bonds. The minimum atomic E-state index is -0.659. The topological polar surface area (TPSA) is 32.3 Å². The van der Waals surface area contributed by atoms with Crippen LogP contribution in [0.15, 0.2) is 18.2 Å². The summed E-state index contributed by atoms with van der Waals surface area (Å²) < 4.78 is 12.9. The summed E-state index contributed by atoms with van der Waals surface area (Å²) in [7, 11) is 0. The average Bonchev–Trinajstić information content (AvgIpc) is 2.29. The van der Waals surface area contributed by atoms with Crippen molar-refractivity contribution < 1.29 is 9.50 Å². The molecule has 1 aromatic rings. The molecule has 0 bridgehead atoms. The first kappa shape index (κ1) is 11.8. The first-order valence-electron chi connectivity index (χ1n) is 5.55. The van der Waals surface area contributed by atoms with Gasteiger partial charge in [-0.3, -0.25) is 0 Å². The van der Waals surface area contributed by atoms with Crippen molar-refractivity contribution in [3.63, 3.8) is 0 Å². The van der Waals surface area contributed by atoms with Crippen molar-refractivity contribution in [2.45, 2.75) is 31.4 Å². The van der Waals surface area contributed by atoms with Crippen LogP contribution in [-0.4, -0.2) is 17.7 Å². The van der Waals surface area contributed by atoms with Crippen LogP contribution in [0.5, 0.6) is 0 Å². The summed E-state index contributed by atoms with van der Waals surface area (Å²) in [5.41, 5.74) is 0.600. The fraction of sp³-hybridized carbons (Fsp3) is 0.500. The molecule has 0 saturated carbocycles. The second-order valence-corrected chi connectivity index (χ2v) is 4.57. The number of piperidine rings is 1. The summed E-state index contributed by atoms with van der Waals surface area (Å²) in [6.07, 6.45) is 2.51. The normalized spacial score (nSPS) is 23.1. The highest BCUT2D eigenvalue weighted by Gasteiger charge is 2.24. The van der Waals surface area contributed by atoms with Crippen molar-refractivity contribution in [3.05, 3.63) is 34.6 Å². The van der Waals surface area contributed by atoms with E-state index in [1.165, 1.54) is 12.1 Å². The summed E-state index contributed by atoms with van der Waals surface area (Å²) in [6.45, 7) is 0.917. The summed E-state index contributed by atoms with van der Waals surface area (Å²) in [6, 6.07) is 4.14. The second-order valence-electron chi connectivity index (χ2n) is 4.17. The molecular weight excluding hydrogens is 229 g/mol. The molecule has 1 aliphatic heterocycles. The molecule has 0 radical (unpaired) electrons. The van der Waals surface area contributed by atoms with E-state index in [0.717, 1.165) is 25.8 Å². The molecule has 0 spiro atoms. The van der Waals surface area contributed by atoms with Gasteiger partial charge in [-0.15, -0.1) is 0 Å². The number of hydrogen-bond donors (Lipinski definition) is 2. The summed E-state index contributed by atoms with van der Waals surface area (Å²) >= 11 is 5.92. The van der Waals surface area contributed by atoms with Crippen LogP contribution in [0.4, 0.5) is 4.39 Å². The van der Waals surface area contributed by atoms with E-state index < -0.39 is 6.10 Å². The molecule has 2 atom stereocenters. The van der Waals surface area contributed by atoms with Crippen molar-refractivity contribution in [2.75, 3.05) is 6.54 Å². The van der Waals surface area contributed by atoms with Gasteiger partial charge in [0, 0.05) is 16.6 Å². The van der Waals surface area contributed by atoms with Crippen LogP contribution < -0.4 is 5.32 Å². The fourth-order valence-electron chi connectivity index (χ4n) is 2.11. The van der Waals surface area contributed by atoms with Crippen LogP contribution in [0.3, 0.4) is 0 Å². The first-order chi connectivity index (χ1) is 7.68.